The van der Waals surface area contributed by atoms with Crippen LogP contribution in [-0.4, -0.2) is 18.7 Å². The number of hydrogen-bond donors (Lipinski definition) is 3. The van der Waals surface area contributed by atoms with Crippen molar-refractivity contribution < 1.29 is 4.79 Å². The first-order chi connectivity index (χ1) is 13.5. The van der Waals surface area contributed by atoms with E-state index in [1.165, 1.54) is 11.3 Å². The zero-order valence-electron chi connectivity index (χ0n) is 14.4. The second-order valence-electron chi connectivity index (χ2n) is 6.30. The van der Waals surface area contributed by atoms with Gasteiger partial charge in [0.05, 0.1) is 11.1 Å². The van der Waals surface area contributed by atoms with Gasteiger partial charge in [-0.2, -0.15) is 5.10 Å². The molecule has 1 saturated heterocycles. The second-order valence-corrected chi connectivity index (χ2v) is 9.50. The minimum Gasteiger partial charge on any atom is -0.266 e. The van der Waals surface area contributed by atoms with Crippen molar-refractivity contribution in [2.75, 3.05) is 6.54 Å². The summed E-state index contributed by atoms with van der Waals surface area (Å²) in [5.41, 5.74) is 10.2. The number of hydrogen-bond acceptors (Lipinski definition) is 5. The molecule has 1 aliphatic rings. The van der Waals surface area contributed by atoms with E-state index in [1.807, 2.05) is 30.3 Å². The summed E-state index contributed by atoms with van der Waals surface area (Å²) < 4.78 is 2.86. The minimum absolute atomic E-state index is 0.0811. The molecule has 1 aliphatic heterocycles. The Bertz CT molecular complexity index is 1050. The minimum atomic E-state index is -0.312. The summed E-state index contributed by atoms with van der Waals surface area (Å²) in [4.78, 5) is 13.0. The number of nitrogens with one attached hydrogen (secondary N) is 3. The number of benzene rings is 2. The second kappa shape index (κ2) is 8.61. The third-order valence-corrected chi connectivity index (χ3v) is 7.33. The highest BCUT2D eigenvalue weighted by atomic mass is 79.9. The van der Waals surface area contributed by atoms with Crippen LogP contribution in [0.4, 0.5) is 0 Å². The van der Waals surface area contributed by atoms with Gasteiger partial charge in [-0.3, -0.25) is 10.2 Å². The van der Waals surface area contributed by atoms with Crippen LogP contribution in [0, 0.1) is 5.92 Å². The average Bonchev–Trinajstić information content (AvgIpc) is 3.28. The number of rotatable bonds is 4. The number of carbonyl (C=O) groups is 1. The van der Waals surface area contributed by atoms with Crippen LogP contribution in [0.1, 0.15) is 21.3 Å². The van der Waals surface area contributed by atoms with Crippen LogP contribution in [0.2, 0.25) is 5.02 Å². The van der Waals surface area contributed by atoms with Crippen LogP contribution < -0.4 is 16.3 Å². The maximum absolute atomic E-state index is 12.6. The Morgan fingerprint density at radius 2 is 2.04 bits per heavy atom. The molecule has 2 atom stereocenters. The van der Waals surface area contributed by atoms with Gasteiger partial charge < -0.3 is 0 Å². The lowest BCUT2D eigenvalue weighted by molar-refractivity contribution is 0.0959. The van der Waals surface area contributed by atoms with Gasteiger partial charge in [0.1, 0.15) is 4.88 Å². The van der Waals surface area contributed by atoms with E-state index in [4.69, 9.17) is 11.6 Å². The SMILES string of the molecule is O=C(N/N=C/C1CNNC1c1ccc(Br)cc1)c1sc2cccc(Br)c2c1Cl. The first kappa shape index (κ1) is 20.0. The molecule has 28 heavy (non-hydrogen) atoms. The lowest BCUT2D eigenvalue weighted by Gasteiger charge is -2.15. The Hall–Kier alpha value is -1.29. The highest BCUT2D eigenvalue weighted by molar-refractivity contribution is 9.11. The van der Waals surface area contributed by atoms with Crippen molar-refractivity contribution in [3.8, 4) is 0 Å². The van der Waals surface area contributed by atoms with Gasteiger partial charge in [-0.05, 0) is 29.8 Å². The summed E-state index contributed by atoms with van der Waals surface area (Å²) in [6.45, 7) is 0.719. The van der Waals surface area contributed by atoms with Crippen molar-refractivity contribution in [1.29, 1.82) is 0 Å². The first-order valence-corrected chi connectivity index (χ1v) is 11.3. The van der Waals surface area contributed by atoms with Gasteiger partial charge in [-0.25, -0.2) is 10.9 Å². The van der Waals surface area contributed by atoms with Crippen LogP contribution in [0.15, 0.2) is 56.5 Å². The van der Waals surface area contributed by atoms with Crippen LogP contribution in [0.3, 0.4) is 0 Å². The van der Waals surface area contributed by atoms with Crippen molar-refractivity contribution in [3.05, 3.63) is 66.9 Å². The molecule has 0 spiro atoms. The molecule has 1 amide bonds. The zero-order valence-corrected chi connectivity index (χ0v) is 19.1. The quantitative estimate of drug-likeness (QED) is 0.311. The topological polar surface area (TPSA) is 65.5 Å². The number of nitrogens with zero attached hydrogens (tertiary/aromatic N) is 1. The number of thiophene rings is 1. The van der Waals surface area contributed by atoms with Crippen molar-refractivity contribution in [2.45, 2.75) is 6.04 Å². The third-order valence-electron chi connectivity index (χ3n) is 4.50. The molecule has 0 radical (unpaired) electrons. The summed E-state index contributed by atoms with van der Waals surface area (Å²) in [7, 11) is 0. The van der Waals surface area contributed by atoms with E-state index in [-0.39, 0.29) is 17.9 Å². The fourth-order valence-corrected chi connectivity index (χ4v) is 5.66. The first-order valence-electron chi connectivity index (χ1n) is 8.48. The number of amides is 1. The van der Waals surface area contributed by atoms with E-state index in [0.29, 0.717) is 9.90 Å². The number of carbonyl (C=O) groups excluding carboxylic acids is 1. The molecule has 3 N–H and O–H groups in total. The fraction of sp³-hybridized carbons (Fsp3) is 0.158. The fourth-order valence-electron chi connectivity index (χ4n) is 3.11. The molecule has 3 aromatic rings. The number of hydrazone groups is 1. The van der Waals surface area contributed by atoms with Gasteiger partial charge in [0.2, 0.25) is 0 Å². The predicted octanol–water partition coefficient (Wildman–Crippen LogP) is 5.26. The maximum atomic E-state index is 12.6. The molecule has 4 rings (SSSR count). The van der Waals surface area contributed by atoms with E-state index >= 15 is 0 Å². The average molecular weight is 543 g/mol. The standard InChI is InChI=1S/C19H15Br2ClN4OS/c20-12-6-4-10(5-7-12)17-11(8-23-25-17)9-24-26-19(27)18-16(22)15-13(21)2-1-3-14(15)28-18/h1-7,9,11,17,23,25H,8H2,(H,26,27)/b24-9+. The smallest absolute Gasteiger partial charge is 0.266 e. The van der Waals surface area contributed by atoms with Crippen LogP contribution in [-0.2, 0) is 0 Å². The van der Waals surface area contributed by atoms with Gasteiger partial charge in [0.15, 0.2) is 0 Å². The molecule has 1 aromatic heterocycles. The summed E-state index contributed by atoms with van der Waals surface area (Å²) in [6.07, 6.45) is 1.76. The Morgan fingerprint density at radius 3 is 2.79 bits per heavy atom. The van der Waals surface area contributed by atoms with E-state index in [0.717, 1.165) is 31.1 Å². The highest BCUT2D eigenvalue weighted by Gasteiger charge is 2.27. The van der Waals surface area contributed by atoms with Crippen molar-refractivity contribution in [1.82, 2.24) is 16.3 Å². The molecule has 2 unspecified atom stereocenters. The van der Waals surface area contributed by atoms with Gasteiger partial charge in [0, 0.05) is 37.7 Å². The van der Waals surface area contributed by atoms with E-state index < -0.39 is 0 Å². The zero-order chi connectivity index (χ0) is 19.7. The van der Waals surface area contributed by atoms with Crippen LogP contribution in [0.25, 0.3) is 10.1 Å². The molecule has 1 fully saturated rings. The number of fused-ring (bicyclic) bond motifs is 1. The van der Waals surface area contributed by atoms with E-state index in [9.17, 15) is 4.79 Å². The number of halogens is 3. The molecule has 5 nitrogen and oxygen atoms in total. The lowest BCUT2D eigenvalue weighted by atomic mass is 9.96. The molecule has 2 heterocycles. The Labute approximate surface area is 187 Å². The van der Waals surface area contributed by atoms with Gasteiger partial charge in [-0.15, -0.1) is 11.3 Å². The maximum Gasteiger partial charge on any atom is 0.282 e. The van der Waals surface area contributed by atoms with Crippen molar-refractivity contribution in [3.63, 3.8) is 0 Å². The van der Waals surface area contributed by atoms with Crippen LogP contribution in [0.5, 0.6) is 0 Å². The van der Waals surface area contributed by atoms with E-state index in [2.05, 4.69) is 65.4 Å². The van der Waals surface area contributed by atoms with E-state index in [1.54, 1.807) is 6.21 Å². The molecule has 0 bridgehead atoms. The third kappa shape index (κ3) is 4.03. The number of hydrazine groups is 1. The molecule has 2 aromatic carbocycles. The highest BCUT2D eigenvalue weighted by Crippen LogP contribution is 2.39. The summed E-state index contributed by atoms with van der Waals surface area (Å²) in [6, 6.07) is 14.0. The van der Waals surface area contributed by atoms with Crippen molar-refractivity contribution >= 4 is 77.0 Å². The molecule has 0 aliphatic carbocycles. The molecular formula is C19H15Br2ClN4OS. The van der Waals surface area contributed by atoms with Crippen LogP contribution >= 0.6 is 54.8 Å². The summed E-state index contributed by atoms with van der Waals surface area (Å²) in [5, 5.41) is 5.47. The molecule has 144 valence electrons. The monoisotopic (exact) mass is 540 g/mol. The van der Waals surface area contributed by atoms with Gasteiger partial charge in [0.25, 0.3) is 5.91 Å². The Morgan fingerprint density at radius 1 is 1.25 bits per heavy atom. The Balaban J connectivity index is 1.47. The Kier molecular flexibility index (Phi) is 6.15. The van der Waals surface area contributed by atoms with Gasteiger partial charge >= 0.3 is 0 Å². The predicted molar refractivity (Wildman–Crippen MR) is 122 cm³/mol. The normalized spacial score (nSPS) is 19.5. The largest absolute Gasteiger partial charge is 0.282 e. The molecule has 0 saturated carbocycles. The summed E-state index contributed by atoms with van der Waals surface area (Å²) >= 11 is 14.7. The van der Waals surface area contributed by atoms with Crippen molar-refractivity contribution in [2.24, 2.45) is 11.0 Å². The molecule has 9 heteroatoms. The molecular weight excluding hydrogens is 528 g/mol. The van der Waals surface area contributed by atoms with Gasteiger partial charge in [-0.1, -0.05) is 61.7 Å². The lowest BCUT2D eigenvalue weighted by Crippen LogP contribution is -2.25. The summed E-state index contributed by atoms with van der Waals surface area (Å²) in [5.74, 6) is -0.207.